The molecule has 2 aromatic carbocycles. The number of anilines is 2. The average Bonchev–Trinajstić information content (AvgIpc) is 3.66. The summed E-state index contributed by atoms with van der Waals surface area (Å²) in [7, 11) is 0. The number of aryl methyl sites for hydroxylation is 4. The molecule has 0 atom stereocenters. The molecule has 2 aliphatic rings. The van der Waals surface area contributed by atoms with Crippen LogP contribution in [-0.4, -0.2) is 21.8 Å². The Hall–Kier alpha value is -3.66. The monoisotopic (exact) mass is 540 g/mol. The number of aromatic nitrogens is 2. The number of fused-ring (bicyclic) bond motifs is 6. The standard InChI is InChI=1S/C28H20N4O2S3/c33-25(31-27-29-23-17-7-3-1-5-15(17)9-11-19(23)36-27)21-13-14-22(35-21)26(34)32-28-30-24-18-8-4-2-6-16(18)10-12-20(24)37-28/h1-8,13-14H,9-12H2,(H,29,31,33)(H,30,32,34). The molecule has 2 amide bonds. The Kier molecular flexibility index (Phi) is 5.49. The van der Waals surface area contributed by atoms with E-state index in [2.05, 4.69) is 34.9 Å². The second kappa shape index (κ2) is 9.02. The second-order valence-electron chi connectivity index (χ2n) is 8.97. The zero-order chi connectivity index (χ0) is 24.9. The highest BCUT2D eigenvalue weighted by Gasteiger charge is 2.24. The molecule has 37 heavy (non-hydrogen) atoms. The molecule has 0 aliphatic heterocycles. The van der Waals surface area contributed by atoms with Crippen LogP contribution < -0.4 is 10.6 Å². The number of hydrogen-bond acceptors (Lipinski definition) is 7. The zero-order valence-electron chi connectivity index (χ0n) is 19.5. The van der Waals surface area contributed by atoms with Crippen molar-refractivity contribution in [2.45, 2.75) is 25.7 Å². The molecular weight excluding hydrogens is 521 g/mol. The molecule has 5 aromatic rings. The topological polar surface area (TPSA) is 84.0 Å². The number of carbonyl (C=O) groups excluding carboxylic acids is 2. The van der Waals surface area contributed by atoms with Crippen LogP contribution in [0.3, 0.4) is 0 Å². The smallest absolute Gasteiger partial charge is 0.267 e. The van der Waals surface area contributed by atoms with Crippen molar-refractivity contribution in [3.63, 3.8) is 0 Å². The van der Waals surface area contributed by atoms with Crippen LogP contribution in [0.4, 0.5) is 10.3 Å². The Morgan fingerprint density at radius 3 is 1.54 bits per heavy atom. The van der Waals surface area contributed by atoms with Gasteiger partial charge in [-0.25, -0.2) is 9.97 Å². The van der Waals surface area contributed by atoms with Gasteiger partial charge in [-0.15, -0.1) is 34.0 Å². The summed E-state index contributed by atoms with van der Waals surface area (Å²) in [4.78, 5) is 38.6. The number of thiophene rings is 1. The maximum absolute atomic E-state index is 12.9. The third-order valence-corrected chi connectivity index (χ3v) is 9.82. The lowest BCUT2D eigenvalue weighted by molar-refractivity contribution is 0.102. The molecule has 3 heterocycles. The predicted octanol–water partition coefficient (Wildman–Crippen LogP) is 6.70. The lowest BCUT2D eigenvalue weighted by atomic mass is 9.94. The van der Waals surface area contributed by atoms with E-state index in [0.717, 1.165) is 59.5 Å². The molecule has 0 saturated carbocycles. The Labute approximate surface area is 225 Å². The first kappa shape index (κ1) is 22.5. The van der Waals surface area contributed by atoms with Crippen molar-refractivity contribution in [1.82, 2.24) is 9.97 Å². The Balaban J connectivity index is 1.05. The molecular formula is C28H20N4O2S3. The summed E-state index contributed by atoms with van der Waals surface area (Å²) in [6, 6.07) is 19.9. The first-order valence-electron chi connectivity index (χ1n) is 12.0. The molecule has 0 saturated heterocycles. The van der Waals surface area contributed by atoms with Gasteiger partial charge in [-0.3, -0.25) is 20.2 Å². The number of rotatable bonds is 4. The van der Waals surface area contributed by atoms with Gasteiger partial charge in [0.1, 0.15) is 0 Å². The van der Waals surface area contributed by atoms with Gasteiger partial charge < -0.3 is 0 Å². The fourth-order valence-electron chi connectivity index (χ4n) is 4.90. The first-order chi connectivity index (χ1) is 18.1. The number of amides is 2. The van der Waals surface area contributed by atoms with E-state index in [0.29, 0.717) is 20.0 Å². The zero-order valence-corrected chi connectivity index (χ0v) is 22.0. The SMILES string of the molecule is O=C(Nc1nc2c(s1)CCc1ccccc1-2)c1ccc(C(=O)Nc2nc3c(s2)CCc2ccccc2-3)s1. The van der Waals surface area contributed by atoms with Gasteiger partial charge in [-0.1, -0.05) is 48.5 Å². The van der Waals surface area contributed by atoms with Gasteiger partial charge in [0.05, 0.1) is 21.1 Å². The third kappa shape index (κ3) is 4.09. The molecule has 2 N–H and O–H groups in total. The normalized spacial score (nSPS) is 13.2. The van der Waals surface area contributed by atoms with Crippen molar-refractivity contribution in [2.75, 3.05) is 10.6 Å². The maximum atomic E-state index is 12.9. The van der Waals surface area contributed by atoms with Crippen molar-refractivity contribution in [2.24, 2.45) is 0 Å². The molecule has 0 fully saturated rings. The average molecular weight is 541 g/mol. The number of nitrogens with one attached hydrogen (secondary N) is 2. The third-order valence-electron chi connectivity index (χ3n) is 6.68. The number of thiazole rings is 2. The van der Waals surface area contributed by atoms with E-state index in [1.54, 1.807) is 12.1 Å². The van der Waals surface area contributed by atoms with Crippen molar-refractivity contribution in [1.29, 1.82) is 0 Å². The summed E-state index contributed by atoms with van der Waals surface area (Å²) < 4.78 is 0. The van der Waals surface area contributed by atoms with E-state index in [-0.39, 0.29) is 11.8 Å². The highest BCUT2D eigenvalue weighted by atomic mass is 32.1. The maximum Gasteiger partial charge on any atom is 0.267 e. The fourth-order valence-corrected chi connectivity index (χ4v) is 7.64. The predicted molar refractivity (Wildman–Crippen MR) is 150 cm³/mol. The van der Waals surface area contributed by atoms with Crippen LogP contribution in [0.1, 0.15) is 40.2 Å². The summed E-state index contributed by atoms with van der Waals surface area (Å²) in [5, 5.41) is 7.02. The molecule has 0 radical (unpaired) electrons. The minimum atomic E-state index is -0.259. The van der Waals surface area contributed by atoms with Gasteiger partial charge in [0.15, 0.2) is 10.3 Å². The molecule has 182 valence electrons. The van der Waals surface area contributed by atoms with E-state index in [9.17, 15) is 9.59 Å². The molecule has 2 aliphatic carbocycles. The van der Waals surface area contributed by atoms with Crippen LogP contribution in [-0.2, 0) is 25.7 Å². The summed E-state index contributed by atoms with van der Waals surface area (Å²) in [5.41, 5.74) is 6.78. The van der Waals surface area contributed by atoms with E-state index < -0.39 is 0 Å². The number of hydrogen-bond donors (Lipinski definition) is 2. The molecule has 0 unspecified atom stereocenters. The Bertz CT molecular complexity index is 1570. The number of carbonyl (C=O) groups is 2. The van der Waals surface area contributed by atoms with E-state index in [4.69, 9.17) is 9.97 Å². The largest absolute Gasteiger partial charge is 0.297 e. The molecule has 6 nitrogen and oxygen atoms in total. The van der Waals surface area contributed by atoms with Gasteiger partial charge in [0, 0.05) is 20.9 Å². The van der Waals surface area contributed by atoms with Crippen molar-refractivity contribution < 1.29 is 9.59 Å². The van der Waals surface area contributed by atoms with Gasteiger partial charge in [0.25, 0.3) is 11.8 Å². The van der Waals surface area contributed by atoms with E-state index in [1.807, 2.05) is 24.3 Å². The summed E-state index contributed by atoms with van der Waals surface area (Å²) >= 11 is 4.20. The highest BCUT2D eigenvalue weighted by Crippen LogP contribution is 2.39. The summed E-state index contributed by atoms with van der Waals surface area (Å²) in [6.45, 7) is 0. The van der Waals surface area contributed by atoms with Crippen LogP contribution in [0, 0.1) is 0 Å². The second-order valence-corrected chi connectivity index (χ2v) is 12.2. The lowest BCUT2D eigenvalue weighted by Gasteiger charge is -2.13. The first-order valence-corrected chi connectivity index (χ1v) is 14.5. The van der Waals surface area contributed by atoms with E-state index in [1.165, 1.54) is 43.6 Å². The fraction of sp³-hybridized carbons (Fsp3) is 0.143. The molecule has 3 aromatic heterocycles. The van der Waals surface area contributed by atoms with Crippen LogP contribution >= 0.6 is 34.0 Å². The molecule has 7 rings (SSSR count). The van der Waals surface area contributed by atoms with Crippen molar-refractivity contribution >= 4 is 56.1 Å². The minimum absolute atomic E-state index is 0.259. The van der Waals surface area contributed by atoms with E-state index >= 15 is 0 Å². The Morgan fingerprint density at radius 1 is 0.595 bits per heavy atom. The van der Waals surface area contributed by atoms with Gasteiger partial charge >= 0.3 is 0 Å². The van der Waals surface area contributed by atoms with Crippen molar-refractivity contribution in [3.8, 4) is 22.5 Å². The van der Waals surface area contributed by atoms with Gasteiger partial charge in [-0.05, 0) is 48.9 Å². The van der Waals surface area contributed by atoms with Crippen LogP contribution in [0.25, 0.3) is 22.5 Å². The number of nitrogens with zero attached hydrogens (tertiary/aromatic N) is 2. The summed E-state index contributed by atoms with van der Waals surface area (Å²) in [6.07, 6.45) is 3.82. The highest BCUT2D eigenvalue weighted by molar-refractivity contribution is 7.18. The lowest BCUT2D eigenvalue weighted by Crippen LogP contribution is -2.11. The Morgan fingerprint density at radius 2 is 1.05 bits per heavy atom. The van der Waals surface area contributed by atoms with Gasteiger partial charge in [0.2, 0.25) is 0 Å². The quantitative estimate of drug-likeness (QED) is 0.266. The van der Waals surface area contributed by atoms with Crippen LogP contribution in [0.2, 0.25) is 0 Å². The van der Waals surface area contributed by atoms with Crippen LogP contribution in [0.5, 0.6) is 0 Å². The number of benzene rings is 2. The molecule has 9 heteroatoms. The summed E-state index contributed by atoms with van der Waals surface area (Å²) in [5.74, 6) is -0.519. The van der Waals surface area contributed by atoms with Crippen molar-refractivity contribution in [3.05, 3.63) is 91.3 Å². The molecule has 0 spiro atoms. The minimum Gasteiger partial charge on any atom is -0.297 e. The molecule has 0 bridgehead atoms. The van der Waals surface area contributed by atoms with Crippen LogP contribution in [0.15, 0.2) is 60.7 Å². The van der Waals surface area contributed by atoms with Gasteiger partial charge in [-0.2, -0.15) is 0 Å².